The second kappa shape index (κ2) is 6.00. The van der Waals surface area contributed by atoms with Crippen molar-refractivity contribution in [2.45, 2.75) is 6.54 Å². The van der Waals surface area contributed by atoms with Gasteiger partial charge < -0.3 is 9.88 Å². The molecule has 1 amide bonds. The monoisotopic (exact) mass is 314 g/mol. The first-order valence-corrected chi connectivity index (χ1v) is 6.86. The highest BCUT2D eigenvalue weighted by atomic mass is 19.1. The third kappa shape index (κ3) is 3.11. The van der Waals surface area contributed by atoms with Crippen LogP contribution in [0.25, 0.3) is 10.9 Å². The lowest BCUT2D eigenvalue weighted by molar-refractivity contribution is -0.116. The third-order valence-electron chi connectivity index (χ3n) is 3.41. The molecule has 0 unspecified atom stereocenters. The fraction of sp³-hybridized carbons (Fsp3) is 0.0588. The molecular formula is C17H12F2N2O2. The number of nitrogens with one attached hydrogen (secondary N) is 1. The molecule has 1 aromatic heterocycles. The molecule has 3 aromatic rings. The summed E-state index contributed by atoms with van der Waals surface area (Å²) < 4.78 is 27.9. The Labute approximate surface area is 130 Å². The molecule has 2 aromatic carbocycles. The van der Waals surface area contributed by atoms with E-state index in [9.17, 15) is 18.4 Å². The number of fused-ring (bicyclic) bond motifs is 1. The molecule has 1 heterocycles. The molecule has 0 atom stereocenters. The largest absolute Gasteiger partial charge is 0.337 e. The van der Waals surface area contributed by atoms with Crippen LogP contribution in [0.2, 0.25) is 0 Å². The average molecular weight is 314 g/mol. The molecule has 0 aliphatic rings. The van der Waals surface area contributed by atoms with Gasteiger partial charge in [-0.3, -0.25) is 9.59 Å². The Balaban J connectivity index is 1.84. The number of aldehydes is 1. The van der Waals surface area contributed by atoms with Crippen molar-refractivity contribution >= 4 is 28.8 Å². The van der Waals surface area contributed by atoms with E-state index in [1.807, 2.05) is 0 Å². The SMILES string of the molecule is O=Cc1cn(CC(=O)Nc2cc(F)cc(F)c2)c2ccccc12. The van der Waals surface area contributed by atoms with E-state index < -0.39 is 17.5 Å². The van der Waals surface area contributed by atoms with Crippen LogP contribution in [0.4, 0.5) is 14.5 Å². The molecule has 1 N–H and O–H groups in total. The van der Waals surface area contributed by atoms with Gasteiger partial charge >= 0.3 is 0 Å². The summed E-state index contributed by atoms with van der Waals surface area (Å²) in [6.07, 6.45) is 2.29. The molecular weight excluding hydrogens is 302 g/mol. The number of amides is 1. The maximum atomic E-state index is 13.1. The summed E-state index contributed by atoms with van der Waals surface area (Å²) in [7, 11) is 0. The van der Waals surface area contributed by atoms with Gasteiger partial charge in [0.15, 0.2) is 6.29 Å². The molecule has 0 radical (unpaired) electrons. The fourth-order valence-electron chi connectivity index (χ4n) is 2.48. The lowest BCUT2D eigenvalue weighted by Gasteiger charge is -2.07. The van der Waals surface area contributed by atoms with Crippen LogP contribution in [0, 0.1) is 11.6 Å². The van der Waals surface area contributed by atoms with Crippen LogP contribution in [0.1, 0.15) is 10.4 Å². The molecule has 3 rings (SSSR count). The summed E-state index contributed by atoms with van der Waals surface area (Å²) in [6.45, 7) is -0.0769. The minimum absolute atomic E-state index is 0.0413. The summed E-state index contributed by atoms with van der Waals surface area (Å²) in [6, 6.07) is 9.97. The zero-order valence-electron chi connectivity index (χ0n) is 11.9. The summed E-state index contributed by atoms with van der Waals surface area (Å²) in [4.78, 5) is 23.2. The van der Waals surface area contributed by atoms with E-state index in [0.717, 1.165) is 35.4 Å². The van der Waals surface area contributed by atoms with Crippen molar-refractivity contribution in [3.63, 3.8) is 0 Å². The van der Waals surface area contributed by atoms with Crippen LogP contribution in [-0.2, 0) is 11.3 Å². The summed E-state index contributed by atoms with van der Waals surface area (Å²) in [5.74, 6) is -1.99. The van der Waals surface area contributed by atoms with Gasteiger partial charge in [0.2, 0.25) is 5.91 Å². The number of rotatable bonds is 4. The highest BCUT2D eigenvalue weighted by molar-refractivity contribution is 5.99. The maximum Gasteiger partial charge on any atom is 0.244 e. The summed E-state index contributed by atoms with van der Waals surface area (Å²) in [5, 5.41) is 3.18. The van der Waals surface area contributed by atoms with Crippen LogP contribution >= 0.6 is 0 Å². The van der Waals surface area contributed by atoms with Crippen LogP contribution in [0.3, 0.4) is 0 Å². The third-order valence-corrected chi connectivity index (χ3v) is 3.41. The minimum atomic E-state index is -0.769. The van der Waals surface area contributed by atoms with E-state index in [1.54, 1.807) is 35.0 Å². The fourth-order valence-corrected chi connectivity index (χ4v) is 2.48. The smallest absolute Gasteiger partial charge is 0.244 e. The van der Waals surface area contributed by atoms with E-state index >= 15 is 0 Å². The van der Waals surface area contributed by atoms with Crippen molar-refractivity contribution < 1.29 is 18.4 Å². The predicted molar refractivity (Wildman–Crippen MR) is 82.3 cm³/mol. The first-order valence-electron chi connectivity index (χ1n) is 6.86. The molecule has 0 fully saturated rings. The number of nitrogens with zero attached hydrogens (tertiary/aromatic N) is 1. The van der Waals surface area contributed by atoms with Crippen molar-refractivity contribution in [2.24, 2.45) is 0 Å². The molecule has 6 heteroatoms. The number of para-hydroxylation sites is 1. The van der Waals surface area contributed by atoms with Gasteiger partial charge in [-0.25, -0.2) is 8.78 Å². The number of hydrogen-bond donors (Lipinski definition) is 1. The van der Waals surface area contributed by atoms with E-state index in [1.165, 1.54) is 0 Å². The number of aromatic nitrogens is 1. The van der Waals surface area contributed by atoms with Crippen LogP contribution in [-0.4, -0.2) is 16.8 Å². The van der Waals surface area contributed by atoms with E-state index in [4.69, 9.17) is 0 Å². The number of anilines is 1. The predicted octanol–water partition coefficient (Wildman–Crippen LogP) is 3.37. The van der Waals surface area contributed by atoms with E-state index in [-0.39, 0.29) is 12.2 Å². The second-order valence-electron chi connectivity index (χ2n) is 5.05. The molecule has 116 valence electrons. The zero-order chi connectivity index (χ0) is 16.4. The average Bonchev–Trinajstić information content (AvgIpc) is 2.84. The van der Waals surface area contributed by atoms with Crippen molar-refractivity contribution in [3.05, 3.63) is 65.9 Å². The van der Waals surface area contributed by atoms with Gasteiger partial charge in [0.05, 0.1) is 0 Å². The van der Waals surface area contributed by atoms with Gasteiger partial charge in [-0.2, -0.15) is 0 Å². The Kier molecular flexibility index (Phi) is 3.89. The van der Waals surface area contributed by atoms with Crippen LogP contribution in [0.15, 0.2) is 48.7 Å². The standard InChI is InChI=1S/C17H12F2N2O2/c18-12-5-13(19)7-14(6-12)20-17(23)9-21-8-11(10-22)15-3-1-2-4-16(15)21/h1-8,10H,9H2,(H,20,23). The van der Waals surface area contributed by atoms with Gasteiger partial charge in [0.1, 0.15) is 18.2 Å². The van der Waals surface area contributed by atoms with Gasteiger partial charge in [-0.1, -0.05) is 18.2 Å². The first kappa shape index (κ1) is 14.9. The summed E-state index contributed by atoms with van der Waals surface area (Å²) in [5.41, 5.74) is 1.25. The number of carbonyl (C=O) groups excluding carboxylic acids is 2. The quantitative estimate of drug-likeness (QED) is 0.751. The van der Waals surface area contributed by atoms with E-state index in [0.29, 0.717) is 5.56 Å². The normalized spacial score (nSPS) is 10.7. The molecule has 0 spiro atoms. The first-order chi connectivity index (χ1) is 11.1. The lowest BCUT2D eigenvalue weighted by Crippen LogP contribution is -2.18. The number of carbonyl (C=O) groups is 2. The number of hydrogen-bond acceptors (Lipinski definition) is 2. The minimum Gasteiger partial charge on any atom is -0.337 e. The molecule has 23 heavy (non-hydrogen) atoms. The molecule has 0 saturated heterocycles. The van der Waals surface area contributed by atoms with Gasteiger partial charge in [0.25, 0.3) is 0 Å². The second-order valence-corrected chi connectivity index (χ2v) is 5.05. The number of benzene rings is 2. The van der Waals surface area contributed by atoms with E-state index in [2.05, 4.69) is 5.32 Å². The molecule has 0 saturated carbocycles. The Hall–Kier alpha value is -3.02. The molecule has 0 aliphatic heterocycles. The maximum absolute atomic E-state index is 13.1. The molecule has 0 bridgehead atoms. The van der Waals surface area contributed by atoms with Crippen molar-refractivity contribution in [1.29, 1.82) is 0 Å². The Bertz CT molecular complexity index is 882. The Morgan fingerprint density at radius 3 is 2.52 bits per heavy atom. The van der Waals surface area contributed by atoms with Crippen LogP contribution in [0.5, 0.6) is 0 Å². The van der Waals surface area contributed by atoms with Gasteiger partial charge in [-0.15, -0.1) is 0 Å². The Morgan fingerprint density at radius 2 is 1.83 bits per heavy atom. The highest BCUT2D eigenvalue weighted by Crippen LogP contribution is 2.20. The molecule has 4 nitrogen and oxygen atoms in total. The zero-order valence-corrected chi connectivity index (χ0v) is 11.9. The Morgan fingerprint density at radius 1 is 1.13 bits per heavy atom. The van der Waals surface area contributed by atoms with Crippen molar-refractivity contribution in [2.75, 3.05) is 5.32 Å². The lowest BCUT2D eigenvalue weighted by atomic mass is 10.2. The highest BCUT2D eigenvalue weighted by Gasteiger charge is 2.11. The molecule has 0 aliphatic carbocycles. The number of halogens is 2. The topological polar surface area (TPSA) is 51.1 Å². The van der Waals surface area contributed by atoms with Gasteiger partial charge in [-0.05, 0) is 18.2 Å². The van der Waals surface area contributed by atoms with Crippen molar-refractivity contribution in [1.82, 2.24) is 4.57 Å². The summed E-state index contributed by atoms with van der Waals surface area (Å²) >= 11 is 0. The van der Waals surface area contributed by atoms with Gasteiger partial charge in [0, 0.05) is 34.4 Å². The van der Waals surface area contributed by atoms with Crippen molar-refractivity contribution in [3.8, 4) is 0 Å². The van der Waals surface area contributed by atoms with Crippen LogP contribution < -0.4 is 5.32 Å².